The van der Waals surface area contributed by atoms with Crippen molar-refractivity contribution >= 4 is 73.9 Å². The number of Topliss-reactive ketones (excluding diaryl/α,β-unsaturated/α-hetero) is 1. The number of amides is 3. The number of nitro groups is 1. The molecule has 1 aromatic heterocycles. The van der Waals surface area contributed by atoms with E-state index in [0.29, 0.717) is 25.8 Å². The molecule has 0 aliphatic carbocycles. The van der Waals surface area contributed by atoms with E-state index in [1.54, 1.807) is 42.5 Å². The molecule has 0 atom stereocenters. The molecule has 1 N–H and O–H groups in total. The highest BCUT2D eigenvalue weighted by molar-refractivity contribution is 8.01. The molecule has 0 radical (unpaired) electrons. The van der Waals surface area contributed by atoms with Crippen molar-refractivity contribution in [3.05, 3.63) is 87.5 Å². The van der Waals surface area contributed by atoms with Gasteiger partial charge in [0, 0.05) is 17.3 Å². The summed E-state index contributed by atoms with van der Waals surface area (Å²) in [7, 11) is 0. The number of anilines is 2. The normalized spacial score (nSPS) is 12.6. The van der Waals surface area contributed by atoms with Gasteiger partial charge in [0.15, 0.2) is 10.1 Å². The van der Waals surface area contributed by atoms with Gasteiger partial charge in [-0.3, -0.25) is 29.3 Å². The van der Waals surface area contributed by atoms with E-state index in [-0.39, 0.29) is 34.3 Å². The van der Waals surface area contributed by atoms with Gasteiger partial charge < -0.3 is 5.32 Å². The lowest BCUT2D eigenvalue weighted by Gasteiger charge is -2.13. The van der Waals surface area contributed by atoms with E-state index in [4.69, 9.17) is 0 Å². The molecule has 0 bridgehead atoms. The minimum Gasteiger partial charge on any atom is -0.325 e. The van der Waals surface area contributed by atoms with Crippen LogP contribution in [0.5, 0.6) is 0 Å². The Morgan fingerprint density at radius 2 is 1.84 bits per heavy atom. The summed E-state index contributed by atoms with van der Waals surface area (Å²) in [6.07, 6.45) is 0. The number of imide groups is 1. The van der Waals surface area contributed by atoms with Crippen LogP contribution in [-0.2, 0) is 4.79 Å². The summed E-state index contributed by atoms with van der Waals surface area (Å²) < 4.78 is 1.30. The predicted octanol–water partition coefficient (Wildman–Crippen LogP) is 4.94. The van der Waals surface area contributed by atoms with E-state index in [1.807, 2.05) is 0 Å². The SMILES string of the molecule is CC(=O)c1ccc(NC(=O)CSc2nc3ccc(N4C(=O)c5cccc([N+](=O)[O-])c5C4=O)cc3s2)cc1. The van der Waals surface area contributed by atoms with Gasteiger partial charge in [-0.15, -0.1) is 11.3 Å². The second kappa shape index (κ2) is 9.56. The molecule has 1 aliphatic rings. The van der Waals surface area contributed by atoms with Gasteiger partial charge in [-0.1, -0.05) is 17.8 Å². The molecule has 0 spiro atoms. The van der Waals surface area contributed by atoms with Crippen molar-refractivity contribution in [2.24, 2.45) is 0 Å². The number of carbonyl (C=O) groups is 4. The Hall–Kier alpha value is -4.42. The molecule has 0 saturated carbocycles. The Morgan fingerprint density at radius 3 is 2.54 bits per heavy atom. The van der Waals surface area contributed by atoms with Crippen LogP contribution in [-0.4, -0.2) is 39.2 Å². The van der Waals surface area contributed by atoms with Gasteiger partial charge in [-0.05, 0) is 55.5 Å². The van der Waals surface area contributed by atoms with Crippen molar-refractivity contribution in [2.45, 2.75) is 11.3 Å². The third-order valence-corrected chi connectivity index (χ3v) is 7.76. The number of nitrogens with zero attached hydrogens (tertiary/aromatic N) is 3. The van der Waals surface area contributed by atoms with E-state index < -0.39 is 22.4 Å². The number of thioether (sulfide) groups is 1. The molecular weight excluding hydrogens is 516 g/mol. The van der Waals surface area contributed by atoms with Gasteiger partial charge >= 0.3 is 0 Å². The topological polar surface area (TPSA) is 140 Å². The molecule has 37 heavy (non-hydrogen) atoms. The van der Waals surface area contributed by atoms with Crippen molar-refractivity contribution in [3.8, 4) is 0 Å². The smallest absolute Gasteiger partial charge is 0.283 e. The number of rotatable bonds is 7. The van der Waals surface area contributed by atoms with E-state index >= 15 is 0 Å². The molecule has 10 nitrogen and oxygen atoms in total. The molecule has 4 aromatic rings. The quantitative estimate of drug-likeness (QED) is 0.116. The van der Waals surface area contributed by atoms with Crippen LogP contribution < -0.4 is 10.2 Å². The zero-order chi connectivity index (χ0) is 26.3. The van der Waals surface area contributed by atoms with Crippen LogP contribution in [0, 0.1) is 10.1 Å². The fraction of sp³-hybridized carbons (Fsp3) is 0.0800. The van der Waals surface area contributed by atoms with Gasteiger partial charge in [-0.25, -0.2) is 9.88 Å². The van der Waals surface area contributed by atoms with Crippen molar-refractivity contribution in [1.82, 2.24) is 4.98 Å². The van der Waals surface area contributed by atoms with Crippen LogP contribution in [0.2, 0.25) is 0 Å². The van der Waals surface area contributed by atoms with Crippen molar-refractivity contribution < 1.29 is 24.1 Å². The number of aromatic nitrogens is 1. The zero-order valence-electron chi connectivity index (χ0n) is 19.1. The van der Waals surface area contributed by atoms with E-state index in [2.05, 4.69) is 10.3 Å². The number of nitrogens with one attached hydrogen (secondary N) is 1. The molecule has 0 fully saturated rings. The highest BCUT2D eigenvalue weighted by Crippen LogP contribution is 2.37. The molecule has 5 rings (SSSR count). The highest BCUT2D eigenvalue weighted by atomic mass is 32.2. The molecule has 0 unspecified atom stereocenters. The summed E-state index contributed by atoms with van der Waals surface area (Å²) >= 11 is 2.53. The molecule has 0 saturated heterocycles. The fourth-order valence-electron chi connectivity index (χ4n) is 3.86. The first-order chi connectivity index (χ1) is 17.7. The van der Waals surface area contributed by atoms with Gasteiger partial charge in [0.05, 0.1) is 32.1 Å². The molecular formula is C25H16N4O6S2. The number of nitro benzene ring substituents is 1. The highest BCUT2D eigenvalue weighted by Gasteiger charge is 2.41. The van der Waals surface area contributed by atoms with Crippen LogP contribution in [0.3, 0.4) is 0 Å². The summed E-state index contributed by atoms with van der Waals surface area (Å²) in [5, 5.41) is 14.1. The Kier molecular flexibility index (Phi) is 6.27. The van der Waals surface area contributed by atoms with Crippen LogP contribution in [0.1, 0.15) is 38.0 Å². The maximum Gasteiger partial charge on any atom is 0.283 e. The zero-order valence-corrected chi connectivity index (χ0v) is 20.7. The number of carbonyl (C=O) groups excluding carboxylic acids is 4. The summed E-state index contributed by atoms with van der Waals surface area (Å²) in [4.78, 5) is 65.7. The molecule has 12 heteroatoms. The first-order valence-electron chi connectivity index (χ1n) is 10.8. The Labute approximate surface area is 217 Å². The van der Waals surface area contributed by atoms with Crippen LogP contribution >= 0.6 is 23.1 Å². The second-order valence-corrected chi connectivity index (χ2v) is 10.3. The largest absolute Gasteiger partial charge is 0.325 e. The minimum absolute atomic E-state index is 0.0122. The summed E-state index contributed by atoms with van der Waals surface area (Å²) in [6, 6.07) is 15.4. The number of benzene rings is 3. The number of hydrogen-bond acceptors (Lipinski definition) is 9. The molecule has 3 aromatic carbocycles. The van der Waals surface area contributed by atoms with E-state index in [0.717, 1.165) is 4.90 Å². The first-order valence-corrected chi connectivity index (χ1v) is 12.6. The van der Waals surface area contributed by atoms with Crippen LogP contribution in [0.4, 0.5) is 17.1 Å². The average molecular weight is 533 g/mol. The Bertz CT molecular complexity index is 1630. The maximum absolute atomic E-state index is 13.0. The van der Waals surface area contributed by atoms with E-state index in [1.165, 1.54) is 48.2 Å². The maximum atomic E-state index is 13.0. The predicted molar refractivity (Wildman–Crippen MR) is 140 cm³/mol. The van der Waals surface area contributed by atoms with Gasteiger partial charge in [0.1, 0.15) is 5.56 Å². The van der Waals surface area contributed by atoms with Crippen LogP contribution in [0.15, 0.2) is 65.0 Å². The standard InChI is InChI=1S/C25H16N4O6S2/c1-13(30)14-5-7-15(8-6-14)26-21(31)12-36-25-27-18-10-9-16(11-20(18)37-25)28-23(32)17-3-2-4-19(29(34)35)22(17)24(28)33/h2-11H,12H2,1H3,(H,26,31). The summed E-state index contributed by atoms with van der Waals surface area (Å²) in [6.45, 7) is 1.47. The van der Waals surface area contributed by atoms with Gasteiger partial charge in [-0.2, -0.15) is 0 Å². The van der Waals surface area contributed by atoms with Crippen molar-refractivity contribution in [3.63, 3.8) is 0 Å². The summed E-state index contributed by atoms with van der Waals surface area (Å²) in [5.74, 6) is -1.58. The fourth-order valence-corrected chi connectivity index (χ4v) is 5.76. The Morgan fingerprint density at radius 1 is 1.08 bits per heavy atom. The molecule has 1 aliphatic heterocycles. The van der Waals surface area contributed by atoms with Crippen molar-refractivity contribution in [1.29, 1.82) is 0 Å². The lowest BCUT2D eigenvalue weighted by molar-refractivity contribution is -0.385. The average Bonchev–Trinajstić information content (AvgIpc) is 3.40. The number of thiazole rings is 1. The lowest BCUT2D eigenvalue weighted by Crippen LogP contribution is -2.29. The molecule has 2 heterocycles. The van der Waals surface area contributed by atoms with Gasteiger partial charge in [0.2, 0.25) is 5.91 Å². The van der Waals surface area contributed by atoms with E-state index in [9.17, 15) is 29.3 Å². The Balaban J connectivity index is 1.30. The van der Waals surface area contributed by atoms with Crippen molar-refractivity contribution in [2.75, 3.05) is 16.0 Å². The lowest BCUT2D eigenvalue weighted by atomic mass is 10.1. The van der Waals surface area contributed by atoms with Gasteiger partial charge in [0.25, 0.3) is 17.5 Å². The first kappa shape index (κ1) is 24.3. The number of ketones is 1. The third kappa shape index (κ3) is 4.59. The van der Waals surface area contributed by atoms with Crippen LogP contribution in [0.25, 0.3) is 10.2 Å². The number of hydrogen-bond donors (Lipinski definition) is 1. The molecule has 184 valence electrons. The monoisotopic (exact) mass is 532 g/mol. The summed E-state index contributed by atoms with van der Waals surface area (Å²) in [5.41, 5.74) is 1.39. The number of fused-ring (bicyclic) bond motifs is 2. The second-order valence-electron chi connectivity index (χ2n) is 8.00. The molecule has 3 amide bonds. The minimum atomic E-state index is -0.751. The third-order valence-electron chi connectivity index (χ3n) is 5.60.